The van der Waals surface area contributed by atoms with Crippen LogP contribution in [-0.2, 0) is 19.7 Å². The van der Waals surface area contributed by atoms with E-state index in [1.807, 2.05) is 0 Å². The number of Topliss-reactive ketones (excluding diaryl/α,β-unsaturated/α-hetero) is 1. The number of rotatable bonds is 6. The molecule has 2 unspecified atom stereocenters. The number of ether oxygens (including phenoxy) is 1. The van der Waals surface area contributed by atoms with E-state index < -0.39 is 22.9 Å². The lowest BCUT2D eigenvalue weighted by Gasteiger charge is -2.55. The van der Waals surface area contributed by atoms with Gasteiger partial charge in [0.25, 0.3) is 0 Å². The lowest BCUT2D eigenvalue weighted by atomic mass is 9.53. The lowest BCUT2D eigenvalue weighted by Crippen LogP contribution is -2.60. The van der Waals surface area contributed by atoms with Crippen molar-refractivity contribution in [2.45, 2.75) is 49.0 Å². The number of hydrogen-bond donors (Lipinski definition) is 0. The lowest BCUT2D eigenvalue weighted by molar-refractivity contribution is -0.214. The fourth-order valence-electron chi connectivity index (χ4n) is 7.32. The zero-order valence-electron chi connectivity index (χ0n) is 19.9. The molecule has 36 heavy (non-hydrogen) atoms. The van der Waals surface area contributed by atoms with E-state index in [1.54, 1.807) is 91.0 Å². The smallest absolute Gasteiger partial charge is 0.379 e. The van der Waals surface area contributed by atoms with Crippen LogP contribution < -0.4 is 0 Å². The van der Waals surface area contributed by atoms with Gasteiger partial charge in [-0.05, 0) is 54.7 Å². The number of halogens is 2. The highest BCUT2D eigenvalue weighted by atomic mass is 19.3. The van der Waals surface area contributed by atoms with Crippen molar-refractivity contribution in [3.05, 3.63) is 108 Å². The summed E-state index contributed by atoms with van der Waals surface area (Å²) in [5.41, 5.74) is -2.15. The molecular formula is C31H28F2O3. The predicted octanol–water partition coefficient (Wildman–Crippen LogP) is 6.35. The Labute approximate surface area is 209 Å². The fourth-order valence-corrected chi connectivity index (χ4v) is 7.32. The minimum absolute atomic E-state index is 0.181. The summed E-state index contributed by atoms with van der Waals surface area (Å²) in [4.78, 5) is 26.4. The van der Waals surface area contributed by atoms with E-state index in [0.29, 0.717) is 36.0 Å². The minimum Gasteiger partial charge on any atom is -0.455 e. The van der Waals surface area contributed by atoms with Crippen molar-refractivity contribution in [1.82, 2.24) is 0 Å². The second-order valence-corrected chi connectivity index (χ2v) is 10.7. The second kappa shape index (κ2) is 8.36. The van der Waals surface area contributed by atoms with Crippen molar-refractivity contribution < 1.29 is 23.1 Å². The van der Waals surface area contributed by atoms with Crippen molar-refractivity contribution in [3.63, 3.8) is 0 Å². The third-order valence-electron chi connectivity index (χ3n) is 8.59. The highest BCUT2D eigenvalue weighted by molar-refractivity contribution is 5.87. The summed E-state index contributed by atoms with van der Waals surface area (Å²) in [5.74, 6) is -5.34. The van der Waals surface area contributed by atoms with Crippen LogP contribution in [0, 0.1) is 17.8 Å². The Morgan fingerprint density at radius 2 is 1.14 bits per heavy atom. The van der Waals surface area contributed by atoms with Gasteiger partial charge >= 0.3 is 11.9 Å². The normalized spacial score (nSPS) is 27.2. The quantitative estimate of drug-likeness (QED) is 0.301. The van der Waals surface area contributed by atoms with Crippen molar-refractivity contribution >= 4 is 11.8 Å². The Hall–Kier alpha value is -3.34. The van der Waals surface area contributed by atoms with Crippen molar-refractivity contribution in [3.8, 4) is 0 Å². The largest absolute Gasteiger partial charge is 0.455 e. The molecule has 0 radical (unpaired) electrons. The third kappa shape index (κ3) is 3.36. The van der Waals surface area contributed by atoms with Gasteiger partial charge in [0.1, 0.15) is 16.8 Å². The summed E-state index contributed by atoms with van der Waals surface area (Å²) in [6.07, 6.45) is 2.84. The van der Waals surface area contributed by atoms with Crippen LogP contribution in [0.3, 0.4) is 0 Å². The first-order chi connectivity index (χ1) is 17.4. The third-order valence-corrected chi connectivity index (χ3v) is 8.59. The molecule has 4 bridgehead atoms. The highest BCUT2D eigenvalue weighted by Crippen LogP contribution is 2.57. The Balaban J connectivity index is 1.49. The molecule has 4 saturated carbocycles. The number of alkyl halides is 2. The van der Waals surface area contributed by atoms with Crippen LogP contribution in [0.5, 0.6) is 0 Å². The molecule has 0 saturated heterocycles. The van der Waals surface area contributed by atoms with E-state index in [2.05, 4.69) is 0 Å². The van der Waals surface area contributed by atoms with Crippen molar-refractivity contribution in [1.29, 1.82) is 0 Å². The molecule has 4 aliphatic rings. The van der Waals surface area contributed by atoms with E-state index in [9.17, 15) is 9.59 Å². The van der Waals surface area contributed by atoms with Crippen LogP contribution in [0.15, 0.2) is 91.0 Å². The maximum absolute atomic E-state index is 17.0. The van der Waals surface area contributed by atoms with Crippen molar-refractivity contribution in [2.75, 3.05) is 0 Å². The van der Waals surface area contributed by atoms with E-state index in [0.717, 1.165) is 12.8 Å². The van der Waals surface area contributed by atoms with Gasteiger partial charge in [-0.1, -0.05) is 91.0 Å². The molecule has 0 N–H and O–H groups in total. The molecule has 4 fully saturated rings. The molecule has 2 atom stereocenters. The first kappa shape index (κ1) is 23.1. The molecule has 7 rings (SSSR count). The van der Waals surface area contributed by atoms with Crippen molar-refractivity contribution in [2.24, 2.45) is 17.8 Å². The second-order valence-electron chi connectivity index (χ2n) is 10.7. The zero-order chi connectivity index (χ0) is 25.0. The number of ketones is 1. The molecular weight excluding hydrogens is 458 g/mol. The first-order valence-corrected chi connectivity index (χ1v) is 12.7. The van der Waals surface area contributed by atoms with Crippen LogP contribution >= 0.6 is 0 Å². The SMILES string of the molecule is O=C1C2CC3CC1CC(OC(=O)C(F)(F)C(c1ccccc1)(c1ccccc1)c1ccccc1)(C3)C2. The summed E-state index contributed by atoms with van der Waals surface area (Å²) in [6, 6.07) is 25.4. The monoisotopic (exact) mass is 486 g/mol. The van der Waals surface area contributed by atoms with E-state index >= 15 is 8.78 Å². The maximum Gasteiger partial charge on any atom is 0.379 e. The van der Waals surface area contributed by atoms with Gasteiger partial charge in [-0.2, -0.15) is 8.78 Å². The van der Waals surface area contributed by atoms with Gasteiger partial charge in [-0.25, -0.2) is 4.79 Å². The average molecular weight is 487 g/mol. The topological polar surface area (TPSA) is 43.4 Å². The highest BCUT2D eigenvalue weighted by Gasteiger charge is 2.65. The summed E-state index contributed by atoms with van der Waals surface area (Å²) < 4.78 is 39.9. The molecule has 4 aliphatic carbocycles. The van der Waals surface area contributed by atoms with Crippen LogP contribution in [0.1, 0.15) is 48.8 Å². The first-order valence-electron chi connectivity index (χ1n) is 12.7. The molecule has 3 aromatic rings. The molecule has 5 heteroatoms. The molecule has 184 valence electrons. The summed E-state index contributed by atoms with van der Waals surface area (Å²) in [5, 5.41) is 0. The maximum atomic E-state index is 17.0. The van der Waals surface area contributed by atoms with Gasteiger partial charge in [-0.3, -0.25) is 4.79 Å². The standard InChI is InChI=1S/C31H28F2O3/c32-31(33,28(35)36-29-18-21-16-22(19-29)27(34)23(17-21)20-29)30(24-10-4-1-5-11-24,25-12-6-2-7-13-25)26-14-8-3-9-15-26/h1-15,21-23H,16-20H2. The molecule has 0 aromatic heterocycles. The van der Waals surface area contributed by atoms with Crippen LogP contribution in [0.25, 0.3) is 0 Å². The predicted molar refractivity (Wildman–Crippen MR) is 132 cm³/mol. The van der Waals surface area contributed by atoms with E-state index in [4.69, 9.17) is 4.74 Å². The van der Waals surface area contributed by atoms with Gasteiger partial charge in [0.05, 0.1) is 0 Å². The number of benzene rings is 3. The molecule has 3 aromatic carbocycles. The van der Waals surface area contributed by atoms with Gasteiger partial charge in [0.2, 0.25) is 0 Å². The molecule has 0 spiro atoms. The van der Waals surface area contributed by atoms with Gasteiger partial charge < -0.3 is 4.74 Å². The van der Waals surface area contributed by atoms with Gasteiger partial charge in [-0.15, -0.1) is 0 Å². The Morgan fingerprint density at radius 3 is 1.56 bits per heavy atom. The summed E-state index contributed by atoms with van der Waals surface area (Å²) in [7, 11) is 0. The van der Waals surface area contributed by atoms with E-state index in [-0.39, 0.29) is 23.5 Å². The molecule has 0 aliphatic heterocycles. The zero-order valence-corrected chi connectivity index (χ0v) is 19.9. The summed E-state index contributed by atoms with van der Waals surface area (Å²) >= 11 is 0. The van der Waals surface area contributed by atoms with Crippen LogP contribution in [-0.4, -0.2) is 23.3 Å². The van der Waals surface area contributed by atoms with Gasteiger partial charge in [0, 0.05) is 11.8 Å². The summed E-state index contributed by atoms with van der Waals surface area (Å²) in [6.45, 7) is 0. The minimum atomic E-state index is -3.93. The fraction of sp³-hybridized carbons (Fsp3) is 0.355. The molecule has 0 amide bonds. The Morgan fingerprint density at radius 1 is 0.722 bits per heavy atom. The van der Waals surface area contributed by atoms with Crippen LogP contribution in [0.2, 0.25) is 0 Å². The number of esters is 1. The number of hydrogen-bond acceptors (Lipinski definition) is 3. The van der Waals surface area contributed by atoms with Gasteiger partial charge in [0.15, 0.2) is 0 Å². The number of carbonyl (C=O) groups excluding carboxylic acids is 2. The molecule has 0 heterocycles. The van der Waals surface area contributed by atoms with Crippen LogP contribution in [0.4, 0.5) is 8.78 Å². The Kier molecular flexibility index (Phi) is 5.36. The Bertz CT molecular complexity index is 1160. The average Bonchev–Trinajstić information content (AvgIpc) is 2.89. The van der Waals surface area contributed by atoms with E-state index in [1.165, 1.54) is 0 Å². The molecule has 3 nitrogen and oxygen atoms in total. The number of carbonyl (C=O) groups is 2.